The summed E-state index contributed by atoms with van der Waals surface area (Å²) >= 11 is 0. The first-order chi connectivity index (χ1) is 11.5. The van der Waals surface area contributed by atoms with E-state index in [4.69, 9.17) is 5.11 Å². The van der Waals surface area contributed by atoms with E-state index in [2.05, 4.69) is 0 Å². The van der Waals surface area contributed by atoms with Crippen LogP contribution in [0.4, 0.5) is 4.79 Å². The van der Waals surface area contributed by atoms with Crippen LogP contribution < -0.4 is 0 Å². The van der Waals surface area contributed by atoms with E-state index >= 15 is 0 Å². The average Bonchev–Trinajstić information content (AvgIpc) is 2.81. The number of fused-ring (bicyclic) bond motifs is 1. The Hall–Kier alpha value is -2.90. The van der Waals surface area contributed by atoms with Gasteiger partial charge in [0.25, 0.3) is 11.8 Å². The lowest BCUT2D eigenvalue weighted by Gasteiger charge is -2.33. The molecule has 0 bridgehead atoms. The summed E-state index contributed by atoms with van der Waals surface area (Å²) in [5, 5.41) is 8.88. The highest BCUT2D eigenvalue weighted by Gasteiger charge is 2.35. The molecule has 24 heavy (non-hydrogen) atoms. The van der Waals surface area contributed by atoms with Crippen LogP contribution in [0.2, 0.25) is 0 Å². The number of hydrogen-bond acceptors (Lipinski definition) is 4. The van der Waals surface area contributed by atoms with Gasteiger partial charge in [0.2, 0.25) is 5.91 Å². The van der Waals surface area contributed by atoms with E-state index in [9.17, 15) is 19.2 Å². The van der Waals surface area contributed by atoms with E-state index in [0.717, 1.165) is 4.90 Å². The molecule has 3 rings (SSSR count). The van der Waals surface area contributed by atoms with Gasteiger partial charge in [-0.2, -0.15) is 0 Å². The molecular weight excluding hydrogens is 314 g/mol. The molecule has 8 heteroatoms. The lowest BCUT2D eigenvalue weighted by Crippen LogP contribution is -2.52. The number of nitrogens with zero attached hydrogens (tertiary/aromatic N) is 3. The summed E-state index contributed by atoms with van der Waals surface area (Å²) in [6.07, 6.45) is -0.640. The first-order valence-corrected chi connectivity index (χ1v) is 7.70. The normalized spacial score (nSPS) is 17.5. The van der Waals surface area contributed by atoms with E-state index in [1.807, 2.05) is 0 Å². The number of carboxylic acid groups (broad SMARTS) is 1. The zero-order chi connectivity index (χ0) is 17.3. The van der Waals surface area contributed by atoms with Crippen molar-refractivity contribution in [3.63, 3.8) is 0 Å². The van der Waals surface area contributed by atoms with Crippen molar-refractivity contribution < 1.29 is 24.3 Å². The summed E-state index contributed by atoms with van der Waals surface area (Å²) in [6, 6.07) is 6.69. The Balaban J connectivity index is 1.53. The minimum Gasteiger partial charge on any atom is -0.465 e. The van der Waals surface area contributed by atoms with E-state index < -0.39 is 6.09 Å². The third-order valence-corrected chi connectivity index (χ3v) is 4.28. The van der Waals surface area contributed by atoms with Crippen LogP contribution in [0.5, 0.6) is 0 Å². The summed E-state index contributed by atoms with van der Waals surface area (Å²) in [5.74, 6) is -0.874. The maximum atomic E-state index is 12.2. The molecule has 1 N–H and O–H groups in total. The zero-order valence-electron chi connectivity index (χ0n) is 13.0. The van der Waals surface area contributed by atoms with Gasteiger partial charge in [-0.25, -0.2) is 4.79 Å². The van der Waals surface area contributed by atoms with Crippen molar-refractivity contribution in [2.24, 2.45) is 0 Å². The predicted octanol–water partition coefficient (Wildman–Crippen LogP) is 0.495. The molecule has 1 aromatic rings. The molecule has 0 aromatic heterocycles. The third-order valence-electron chi connectivity index (χ3n) is 4.28. The lowest BCUT2D eigenvalue weighted by atomic mass is 10.1. The second-order valence-corrected chi connectivity index (χ2v) is 5.75. The van der Waals surface area contributed by atoms with Crippen molar-refractivity contribution >= 4 is 23.8 Å². The Bertz CT molecular complexity index is 682. The van der Waals surface area contributed by atoms with Gasteiger partial charge >= 0.3 is 6.09 Å². The van der Waals surface area contributed by atoms with Gasteiger partial charge < -0.3 is 10.0 Å². The molecule has 2 heterocycles. The smallest absolute Gasteiger partial charge is 0.407 e. The highest BCUT2D eigenvalue weighted by molar-refractivity contribution is 6.21. The van der Waals surface area contributed by atoms with Crippen LogP contribution in [-0.4, -0.2) is 76.3 Å². The number of hydrogen-bond donors (Lipinski definition) is 1. The van der Waals surface area contributed by atoms with Crippen LogP contribution in [-0.2, 0) is 4.79 Å². The number of carbonyl (C=O) groups excluding carboxylic acids is 3. The molecule has 1 aromatic carbocycles. The Morgan fingerprint density at radius 1 is 1.00 bits per heavy atom. The topological polar surface area (TPSA) is 98.2 Å². The van der Waals surface area contributed by atoms with Gasteiger partial charge in [0, 0.05) is 26.2 Å². The molecule has 2 aliphatic heterocycles. The van der Waals surface area contributed by atoms with Crippen molar-refractivity contribution in [2.45, 2.75) is 6.42 Å². The molecule has 8 nitrogen and oxygen atoms in total. The number of imide groups is 1. The van der Waals surface area contributed by atoms with Gasteiger partial charge in [-0.3, -0.25) is 24.2 Å². The zero-order valence-corrected chi connectivity index (χ0v) is 13.0. The first kappa shape index (κ1) is 16.0. The highest BCUT2D eigenvalue weighted by atomic mass is 16.4. The molecule has 0 atom stereocenters. The SMILES string of the molecule is O=C(O)N1CCN(CCCN2C(=O)c3ccccc3C2=O)C(=O)C1. The van der Waals surface area contributed by atoms with Gasteiger partial charge in [0.15, 0.2) is 0 Å². The van der Waals surface area contributed by atoms with Crippen LogP contribution in [0.3, 0.4) is 0 Å². The fraction of sp³-hybridized carbons (Fsp3) is 0.375. The van der Waals surface area contributed by atoms with Gasteiger partial charge in [-0.1, -0.05) is 12.1 Å². The molecule has 0 saturated carbocycles. The molecule has 0 unspecified atom stereocenters. The number of benzene rings is 1. The lowest BCUT2D eigenvalue weighted by molar-refractivity contribution is -0.135. The predicted molar refractivity (Wildman–Crippen MR) is 82.6 cm³/mol. The highest BCUT2D eigenvalue weighted by Crippen LogP contribution is 2.22. The van der Waals surface area contributed by atoms with E-state index in [1.165, 1.54) is 4.90 Å². The summed E-state index contributed by atoms with van der Waals surface area (Å²) in [4.78, 5) is 51.1. The largest absolute Gasteiger partial charge is 0.465 e. The van der Waals surface area contributed by atoms with Gasteiger partial charge in [-0.15, -0.1) is 0 Å². The molecule has 4 amide bonds. The van der Waals surface area contributed by atoms with Crippen molar-refractivity contribution in [3.05, 3.63) is 35.4 Å². The van der Waals surface area contributed by atoms with Gasteiger partial charge in [-0.05, 0) is 18.6 Å². The first-order valence-electron chi connectivity index (χ1n) is 7.70. The molecule has 126 valence electrons. The van der Waals surface area contributed by atoms with Crippen LogP contribution >= 0.6 is 0 Å². The summed E-state index contributed by atoms with van der Waals surface area (Å²) in [5.41, 5.74) is 0.822. The Labute approximate surface area is 138 Å². The summed E-state index contributed by atoms with van der Waals surface area (Å²) in [7, 11) is 0. The molecule has 0 radical (unpaired) electrons. The van der Waals surface area contributed by atoms with Gasteiger partial charge in [0.05, 0.1) is 11.1 Å². The average molecular weight is 331 g/mol. The minimum atomic E-state index is -1.10. The van der Waals surface area contributed by atoms with Crippen molar-refractivity contribution in [2.75, 3.05) is 32.7 Å². The summed E-state index contributed by atoms with van der Waals surface area (Å²) < 4.78 is 0. The molecule has 0 aliphatic carbocycles. The van der Waals surface area contributed by atoms with Crippen LogP contribution in [0.25, 0.3) is 0 Å². The molecular formula is C16H17N3O5. The standard InChI is InChI=1S/C16H17N3O5/c20-13-10-18(16(23)24)9-8-17(13)6-3-7-19-14(21)11-4-1-2-5-12(11)15(19)22/h1-2,4-5H,3,6-10H2,(H,23,24). The monoisotopic (exact) mass is 331 g/mol. The second kappa shape index (κ2) is 6.31. The summed E-state index contributed by atoms with van der Waals surface area (Å²) in [6.45, 7) is 1.07. The quantitative estimate of drug-likeness (QED) is 0.810. The van der Waals surface area contributed by atoms with E-state index in [0.29, 0.717) is 30.6 Å². The van der Waals surface area contributed by atoms with Gasteiger partial charge in [0.1, 0.15) is 6.54 Å². The molecule has 1 saturated heterocycles. The van der Waals surface area contributed by atoms with Crippen LogP contribution in [0, 0.1) is 0 Å². The van der Waals surface area contributed by atoms with Crippen LogP contribution in [0.15, 0.2) is 24.3 Å². The van der Waals surface area contributed by atoms with Crippen molar-refractivity contribution in [1.29, 1.82) is 0 Å². The van der Waals surface area contributed by atoms with Crippen molar-refractivity contribution in [1.82, 2.24) is 14.7 Å². The number of piperazine rings is 1. The fourth-order valence-electron chi connectivity index (χ4n) is 2.97. The maximum absolute atomic E-state index is 12.2. The van der Waals surface area contributed by atoms with Crippen molar-refractivity contribution in [3.8, 4) is 0 Å². The Morgan fingerprint density at radius 3 is 2.17 bits per heavy atom. The molecule has 2 aliphatic rings. The Morgan fingerprint density at radius 2 is 1.62 bits per heavy atom. The second-order valence-electron chi connectivity index (χ2n) is 5.75. The number of carbonyl (C=O) groups is 4. The Kier molecular flexibility index (Phi) is 4.20. The fourth-order valence-corrected chi connectivity index (χ4v) is 2.97. The molecule has 0 spiro atoms. The van der Waals surface area contributed by atoms with E-state index in [-0.39, 0.29) is 37.4 Å². The van der Waals surface area contributed by atoms with Crippen LogP contribution in [0.1, 0.15) is 27.1 Å². The molecule has 1 fully saturated rings. The maximum Gasteiger partial charge on any atom is 0.407 e. The van der Waals surface area contributed by atoms with E-state index in [1.54, 1.807) is 29.2 Å². The minimum absolute atomic E-state index is 0.150. The number of amides is 4. The third kappa shape index (κ3) is 2.82. The number of rotatable bonds is 4.